The Hall–Kier alpha value is 0.0200. The van der Waals surface area contributed by atoms with Crippen LogP contribution in [-0.2, 0) is 4.74 Å². The topological polar surface area (TPSA) is 9.23 Å². The third-order valence-corrected chi connectivity index (χ3v) is 1.30. The molecule has 0 aromatic rings. The Labute approximate surface area is 58.9 Å². The average Bonchev–Trinajstić information content (AvgIpc) is 1.81. The van der Waals surface area contributed by atoms with Crippen LogP contribution < -0.4 is 0 Å². The van der Waals surface area contributed by atoms with E-state index in [-0.39, 0.29) is 0 Å². The zero-order chi connectivity index (χ0) is 6.24. The summed E-state index contributed by atoms with van der Waals surface area (Å²) >= 11 is 3.33. The van der Waals surface area contributed by atoms with E-state index in [0.29, 0.717) is 0 Å². The van der Waals surface area contributed by atoms with E-state index in [9.17, 15) is 0 Å². The van der Waals surface area contributed by atoms with Gasteiger partial charge in [-0.25, -0.2) is 0 Å². The molecule has 0 unspecified atom stereocenters. The molecule has 0 N–H and O–H groups in total. The highest BCUT2D eigenvalue weighted by Crippen LogP contribution is 1.94. The van der Waals surface area contributed by atoms with Crippen molar-refractivity contribution in [1.29, 1.82) is 0 Å². The minimum Gasteiger partial charge on any atom is -0.505 e. The van der Waals surface area contributed by atoms with E-state index < -0.39 is 0 Å². The molecule has 0 aromatic carbocycles. The molecule has 0 saturated heterocycles. The van der Waals surface area contributed by atoms with E-state index in [4.69, 9.17) is 4.74 Å². The van der Waals surface area contributed by atoms with Gasteiger partial charge in [0, 0.05) is 5.33 Å². The lowest BCUT2D eigenvalue weighted by atomic mass is 10.3. The number of ether oxygens (including phenoxy) is 1. The first-order valence-corrected chi connectivity index (χ1v) is 3.77. The Kier molecular flexibility index (Phi) is 7.04. The van der Waals surface area contributed by atoms with Crippen molar-refractivity contribution in [2.45, 2.75) is 12.8 Å². The van der Waals surface area contributed by atoms with Crippen LogP contribution in [-0.4, -0.2) is 12.4 Å². The fourth-order valence-electron chi connectivity index (χ4n) is 0.359. The van der Waals surface area contributed by atoms with Gasteiger partial charge in [0.25, 0.3) is 0 Å². The van der Waals surface area contributed by atoms with Crippen molar-refractivity contribution in [3.8, 4) is 0 Å². The molecule has 48 valence electrons. The predicted octanol–water partition coefficient (Wildman–Crippen LogP) is 2.32. The molecule has 0 fully saturated rings. The smallest absolute Gasteiger partial charge is 0.0784 e. The van der Waals surface area contributed by atoms with E-state index in [1.54, 1.807) is 13.4 Å². The Morgan fingerprint density at radius 2 is 2.38 bits per heavy atom. The second kappa shape index (κ2) is 7.02. The van der Waals surface area contributed by atoms with E-state index in [0.717, 1.165) is 11.8 Å². The molecular formula is C6H11BrO. The summed E-state index contributed by atoms with van der Waals surface area (Å²) in [7, 11) is 1.66. The second-order valence-electron chi connectivity index (χ2n) is 1.44. The maximum absolute atomic E-state index is 4.69. The molecule has 0 heterocycles. The number of alkyl halides is 1. The van der Waals surface area contributed by atoms with Gasteiger partial charge in [0.2, 0.25) is 0 Å². The first-order valence-electron chi connectivity index (χ1n) is 2.65. The normalized spacial score (nSPS) is 10.2. The zero-order valence-electron chi connectivity index (χ0n) is 5.06. The van der Waals surface area contributed by atoms with Crippen LogP contribution in [0.25, 0.3) is 0 Å². The Morgan fingerprint density at radius 1 is 1.62 bits per heavy atom. The molecule has 1 nitrogen and oxygen atoms in total. The van der Waals surface area contributed by atoms with E-state index >= 15 is 0 Å². The van der Waals surface area contributed by atoms with Crippen molar-refractivity contribution >= 4 is 15.9 Å². The molecule has 0 spiro atoms. The summed E-state index contributed by atoms with van der Waals surface area (Å²) < 4.78 is 4.69. The fraction of sp³-hybridized carbons (Fsp3) is 0.667. The van der Waals surface area contributed by atoms with Crippen LogP contribution in [0, 0.1) is 0 Å². The number of hydrogen-bond acceptors (Lipinski definition) is 1. The van der Waals surface area contributed by atoms with Gasteiger partial charge in [-0.2, -0.15) is 0 Å². The molecule has 0 aliphatic carbocycles. The summed E-state index contributed by atoms with van der Waals surface area (Å²) in [6, 6.07) is 0. The van der Waals surface area contributed by atoms with Gasteiger partial charge < -0.3 is 4.74 Å². The lowest BCUT2D eigenvalue weighted by Gasteiger charge is -1.86. The van der Waals surface area contributed by atoms with Crippen molar-refractivity contribution in [3.63, 3.8) is 0 Å². The molecule has 2 heteroatoms. The second-order valence-corrected chi connectivity index (χ2v) is 2.23. The minimum absolute atomic E-state index is 1.07. The Bertz CT molecular complexity index is 61.5. The summed E-state index contributed by atoms with van der Waals surface area (Å²) in [4.78, 5) is 0. The van der Waals surface area contributed by atoms with Gasteiger partial charge in [-0.15, -0.1) is 0 Å². The highest BCUT2D eigenvalue weighted by molar-refractivity contribution is 9.09. The molecule has 0 bridgehead atoms. The molecule has 0 rings (SSSR count). The van der Waals surface area contributed by atoms with Crippen LogP contribution in [0.5, 0.6) is 0 Å². The number of allylic oxidation sites excluding steroid dienone is 1. The highest BCUT2D eigenvalue weighted by Gasteiger charge is 1.76. The monoisotopic (exact) mass is 178 g/mol. The van der Waals surface area contributed by atoms with Crippen molar-refractivity contribution in [3.05, 3.63) is 12.3 Å². The highest BCUT2D eigenvalue weighted by atomic mass is 79.9. The molecule has 0 aliphatic heterocycles. The van der Waals surface area contributed by atoms with Crippen LogP contribution in [0.4, 0.5) is 0 Å². The van der Waals surface area contributed by atoms with Gasteiger partial charge in [-0.05, 0) is 18.9 Å². The Morgan fingerprint density at radius 3 is 2.88 bits per heavy atom. The zero-order valence-corrected chi connectivity index (χ0v) is 6.65. The van der Waals surface area contributed by atoms with Crippen molar-refractivity contribution in [2.75, 3.05) is 12.4 Å². The van der Waals surface area contributed by atoms with Gasteiger partial charge in [-0.3, -0.25) is 0 Å². The molecule has 8 heavy (non-hydrogen) atoms. The molecule has 0 radical (unpaired) electrons. The summed E-state index contributed by atoms with van der Waals surface area (Å²) in [5.74, 6) is 0. The molecule has 0 atom stereocenters. The van der Waals surface area contributed by atoms with Crippen LogP contribution in [0.15, 0.2) is 12.3 Å². The number of unbranched alkanes of at least 4 members (excludes halogenated alkanes) is 1. The third kappa shape index (κ3) is 6.02. The maximum atomic E-state index is 4.69. The average molecular weight is 179 g/mol. The van der Waals surface area contributed by atoms with Crippen LogP contribution in [0.2, 0.25) is 0 Å². The lowest BCUT2D eigenvalue weighted by Crippen LogP contribution is -1.70. The summed E-state index contributed by atoms with van der Waals surface area (Å²) in [5, 5.41) is 1.07. The summed E-state index contributed by atoms with van der Waals surface area (Å²) in [6.07, 6.45) is 6.00. The van der Waals surface area contributed by atoms with Crippen molar-refractivity contribution in [1.82, 2.24) is 0 Å². The van der Waals surface area contributed by atoms with Crippen LogP contribution in [0.3, 0.4) is 0 Å². The van der Waals surface area contributed by atoms with Gasteiger partial charge >= 0.3 is 0 Å². The number of methoxy groups -OCH3 is 1. The molecule has 0 aromatic heterocycles. The molecule has 0 saturated carbocycles. The van der Waals surface area contributed by atoms with E-state index in [2.05, 4.69) is 15.9 Å². The fourth-order valence-corrected chi connectivity index (χ4v) is 0.683. The number of rotatable bonds is 4. The molecule has 0 aliphatic rings. The third-order valence-electron chi connectivity index (χ3n) is 0.737. The van der Waals surface area contributed by atoms with Gasteiger partial charge in [0.05, 0.1) is 13.4 Å². The first-order chi connectivity index (χ1) is 3.91. The van der Waals surface area contributed by atoms with E-state index in [1.165, 1.54) is 6.42 Å². The van der Waals surface area contributed by atoms with E-state index in [1.807, 2.05) is 6.08 Å². The minimum atomic E-state index is 1.07. The molecular weight excluding hydrogens is 168 g/mol. The lowest BCUT2D eigenvalue weighted by molar-refractivity contribution is 0.336. The van der Waals surface area contributed by atoms with Gasteiger partial charge in [0.1, 0.15) is 0 Å². The largest absolute Gasteiger partial charge is 0.505 e. The predicted molar refractivity (Wildman–Crippen MR) is 39.2 cm³/mol. The van der Waals surface area contributed by atoms with Crippen LogP contribution >= 0.6 is 15.9 Å². The Balaban J connectivity index is 2.80. The summed E-state index contributed by atoms with van der Waals surface area (Å²) in [5.41, 5.74) is 0. The van der Waals surface area contributed by atoms with Gasteiger partial charge in [-0.1, -0.05) is 15.9 Å². The van der Waals surface area contributed by atoms with Gasteiger partial charge in [0.15, 0.2) is 0 Å². The first kappa shape index (κ1) is 8.02. The SMILES string of the molecule is CO/C=C/CCCBr. The standard InChI is InChI=1S/C6H11BrO/c1-8-6-4-2-3-5-7/h4,6H,2-3,5H2,1H3/b6-4+. The maximum Gasteiger partial charge on any atom is 0.0784 e. The number of halogens is 1. The van der Waals surface area contributed by atoms with Crippen LogP contribution in [0.1, 0.15) is 12.8 Å². The van der Waals surface area contributed by atoms with Crippen molar-refractivity contribution < 1.29 is 4.74 Å². The molecule has 0 amide bonds. The number of hydrogen-bond donors (Lipinski definition) is 0. The van der Waals surface area contributed by atoms with Crippen molar-refractivity contribution in [2.24, 2.45) is 0 Å². The summed E-state index contributed by atoms with van der Waals surface area (Å²) in [6.45, 7) is 0. The quantitative estimate of drug-likeness (QED) is 0.365.